The number of hydrogen-bond acceptors (Lipinski definition) is 3. The summed E-state index contributed by atoms with van der Waals surface area (Å²) in [6.45, 7) is 0. The minimum absolute atomic E-state index is 0.259. The lowest BCUT2D eigenvalue weighted by molar-refractivity contribution is -0.142. The Morgan fingerprint density at radius 3 is 2.72 bits per heavy atom. The lowest BCUT2D eigenvalue weighted by Gasteiger charge is -2.22. The van der Waals surface area contributed by atoms with Crippen molar-refractivity contribution in [3.8, 4) is 0 Å². The summed E-state index contributed by atoms with van der Waals surface area (Å²) in [5.74, 6) is -0.259. The largest absolute Gasteiger partial charge is 0.465 e. The van der Waals surface area contributed by atoms with Crippen molar-refractivity contribution in [2.75, 3.05) is 0 Å². The first kappa shape index (κ1) is 12.4. The third-order valence-electron chi connectivity index (χ3n) is 2.97. The van der Waals surface area contributed by atoms with E-state index in [-0.39, 0.29) is 12.1 Å². The fraction of sp³-hybridized carbons (Fsp3) is 0.385. The molecule has 0 aromatic heterocycles. The van der Waals surface area contributed by atoms with Gasteiger partial charge in [-0.05, 0) is 18.4 Å². The number of cyclic esters (lactones) is 1. The molecular weight excluding hydrogens is 234 g/mol. The van der Waals surface area contributed by atoms with Gasteiger partial charge in [-0.25, -0.2) is 4.79 Å². The van der Waals surface area contributed by atoms with Crippen LogP contribution in [0.1, 0.15) is 18.4 Å². The Bertz CT molecular complexity index is 432. The molecule has 0 bridgehead atoms. The van der Waals surface area contributed by atoms with E-state index in [0.29, 0.717) is 19.3 Å². The van der Waals surface area contributed by atoms with E-state index < -0.39 is 12.1 Å². The van der Waals surface area contributed by atoms with Gasteiger partial charge < -0.3 is 15.2 Å². The van der Waals surface area contributed by atoms with E-state index in [4.69, 9.17) is 9.84 Å². The molecule has 1 heterocycles. The van der Waals surface area contributed by atoms with Crippen LogP contribution in [0.25, 0.3) is 0 Å². The smallest absolute Gasteiger partial charge is 0.405 e. The van der Waals surface area contributed by atoms with Crippen molar-refractivity contribution >= 4 is 12.1 Å². The van der Waals surface area contributed by atoms with Gasteiger partial charge in [-0.3, -0.25) is 4.79 Å². The van der Waals surface area contributed by atoms with Crippen LogP contribution in [0, 0.1) is 0 Å². The standard InChI is InChI=1S/C13H15NO4/c15-12-7-6-11(18-12)10(14-13(16)17)8-9-4-2-1-3-5-9/h1-5,10-11,14H,6-8H2,(H,16,17)/t10-,11+/m0/s1. The Balaban J connectivity index is 2.05. The summed E-state index contributed by atoms with van der Waals surface area (Å²) in [6, 6.07) is 9.15. The maximum atomic E-state index is 11.1. The van der Waals surface area contributed by atoms with E-state index in [1.54, 1.807) is 0 Å². The van der Waals surface area contributed by atoms with Gasteiger partial charge >= 0.3 is 12.1 Å². The molecule has 2 N–H and O–H groups in total. The number of benzene rings is 1. The second-order valence-corrected chi connectivity index (χ2v) is 4.31. The van der Waals surface area contributed by atoms with E-state index in [1.165, 1.54) is 0 Å². The maximum absolute atomic E-state index is 11.1. The lowest BCUT2D eigenvalue weighted by atomic mass is 9.99. The van der Waals surface area contributed by atoms with Crippen molar-refractivity contribution in [1.29, 1.82) is 0 Å². The maximum Gasteiger partial charge on any atom is 0.405 e. The molecule has 1 amide bonds. The van der Waals surface area contributed by atoms with Crippen LogP contribution in [-0.4, -0.2) is 29.3 Å². The minimum Gasteiger partial charge on any atom is -0.465 e. The van der Waals surface area contributed by atoms with E-state index in [0.717, 1.165) is 5.56 Å². The molecule has 0 saturated carbocycles. The van der Waals surface area contributed by atoms with Crippen molar-refractivity contribution in [2.24, 2.45) is 0 Å². The van der Waals surface area contributed by atoms with Gasteiger partial charge in [-0.15, -0.1) is 0 Å². The Hall–Kier alpha value is -2.04. The van der Waals surface area contributed by atoms with Gasteiger partial charge in [0.15, 0.2) is 0 Å². The first-order valence-corrected chi connectivity index (χ1v) is 5.88. The second kappa shape index (κ2) is 5.53. The van der Waals surface area contributed by atoms with E-state index in [1.807, 2.05) is 30.3 Å². The summed E-state index contributed by atoms with van der Waals surface area (Å²) >= 11 is 0. The fourth-order valence-electron chi connectivity index (χ4n) is 2.13. The molecule has 5 heteroatoms. The van der Waals surface area contributed by atoms with Gasteiger partial charge in [-0.2, -0.15) is 0 Å². The number of esters is 1. The highest BCUT2D eigenvalue weighted by Crippen LogP contribution is 2.19. The third-order valence-corrected chi connectivity index (χ3v) is 2.97. The predicted octanol–water partition coefficient (Wildman–Crippen LogP) is 1.57. The summed E-state index contributed by atoms with van der Waals surface area (Å²) in [5, 5.41) is 11.3. The number of nitrogens with one attached hydrogen (secondary N) is 1. The Kier molecular flexibility index (Phi) is 3.82. The Morgan fingerprint density at radius 2 is 2.17 bits per heavy atom. The average Bonchev–Trinajstić information content (AvgIpc) is 2.76. The average molecular weight is 249 g/mol. The Labute approximate surface area is 105 Å². The molecule has 1 saturated heterocycles. The second-order valence-electron chi connectivity index (χ2n) is 4.31. The van der Waals surface area contributed by atoms with Gasteiger partial charge in [0.25, 0.3) is 0 Å². The van der Waals surface area contributed by atoms with Crippen LogP contribution in [0.5, 0.6) is 0 Å². The molecule has 1 aliphatic heterocycles. The number of ether oxygens (including phenoxy) is 1. The molecule has 0 unspecified atom stereocenters. The van der Waals surface area contributed by atoms with Crippen LogP contribution < -0.4 is 5.32 Å². The first-order chi connectivity index (χ1) is 8.65. The summed E-state index contributed by atoms with van der Waals surface area (Å²) < 4.78 is 5.13. The molecule has 1 aromatic carbocycles. The number of rotatable bonds is 4. The van der Waals surface area contributed by atoms with Gasteiger partial charge in [0.1, 0.15) is 6.10 Å². The molecule has 1 aromatic rings. The van der Waals surface area contributed by atoms with Gasteiger partial charge in [0.05, 0.1) is 6.04 Å². The zero-order valence-corrected chi connectivity index (χ0v) is 9.83. The molecule has 5 nitrogen and oxygen atoms in total. The summed E-state index contributed by atoms with van der Waals surface area (Å²) in [4.78, 5) is 21.9. The molecule has 2 rings (SSSR count). The van der Waals surface area contributed by atoms with E-state index in [9.17, 15) is 9.59 Å². The van der Waals surface area contributed by atoms with Crippen molar-refractivity contribution in [1.82, 2.24) is 5.32 Å². The van der Waals surface area contributed by atoms with Crippen LogP contribution in [0.3, 0.4) is 0 Å². The fourth-order valence-corrected chi connectivity index (χ4v) is 2.13. The molecule has 96 valence electrons. The highest BCUT2D eigenvalue weighted by Gasteiger charge is 2.32. The van der Waals surface area contributed by atoms with Crippen molar-refractivity contribution in [3.05, 3.63) is 35.9 Å². The number of amides is 1. The lowest BCUT2D eigenvalue weighted by Crippen LogP contribution is -2.44. The third kappa shape index (κ3) is 3.23. The summed E-state index contributed by atoms with van der Waals surface area (Å²) in [6.07, 6.45) is -0.0217. The number of carboxylic acid groups (broad SMARTS) is 1. The normalized spacial score (nSPS) is 20.2. The molecular formula is C13H15NO4. The minimum atomic E-state index is -1.10. The van der Waals surface area contributed by atoms with Crippen LogP contribution in [0.4, 0.5) is 4.79 Å². The highest BCUT2D eigenvalue weighted by atomic mass is 16.6. The number of carbonyl (C=O) groups excluding carboxylic acids is 1. The molecule has 0 aliphatic carbocycles. The number of hydrogen-bond donors (Lipinski definition) is 2. The van der Waals surface area contributed by atoms with Crippen molar-refractivity contribution < 1.29 is 19.4 Å². The summed E-state index contributed by atoms with van der Waals surface area (Å²) in [7, 11) is 0. The SMILES string of the molecule is O=C(O)N[C@@H](Cc1ccccc1)[C@H]1CCC(=O)O1. The topological polar surface area (TPSA) is 75.6 Å². The van der Waals surface area contributed by atoms with Crippen LogP contribution in [0.2, 0.25) is 0 Å². The predicted molar refractivity (Wildman–Crippen MR) is 64.2 cm³/mol. The molecule has 1 aliphatic rings. The van der Waals surface area contributed by atoms with Crippen LogP contribution in [0.15, 0.2) is 30.3 Å². The van der Waals surface area contributed by atoms with Crippen LogP contribution >= 0.6 is 0 Å². The van der Waals surface area contributed by atoms with Gasteiger partial charge in [-0.1, -0.05) is 30.3 Å². The first-order valence-electron chi connectivity index (χ1n) is 5.88. The molecule has 2 atom stereocenters. The molecule has 0 radical (unpaired) electrons. The molecule has 0 spiro atoms. The van der Waals surface area contributed by atoms with Crippen LogP contribution in [-0.2, 0) is 16.0 Å². The van der Waals surface area contributed by atoms with Gasteiger partial charge in [0.2, 0.25) is 0 Å². The van der Waals surface area contributed by atoms with E-state index in [2.05, 4.69) is 5.32 Å². The monoisotopic (exact) mass is 249 g/mol. The Morgan fingerprint density at radius 1 is 1.44 bits per heavy atom. The number of carbonyl (C=O) groups is 2. The molecule has 1 fully saturated rings. The summed E-state index contributed by atoms with van der Waals surface area (Å²) in [5.41, 5.74) is 1.01. The molecule has 18 heavy (non-hydrogen) atoms. The van der Waals surface area contributed by atoms with Crippen molar-refractivity contribution in [2.45, 2.75) is 31.4 Å². The quantitative estimate of drug-likeness (QED) is 0.794. The van der Waals surface area contributed by atoms with Gasteiger partial charge in [0, 0.05) is 6.42 Å². The zero-order chi connectivity index (χ0) is 13.0. The highest BCUT2D eigenvalue weighted by molar-refractivity contribution is 5.72. The zero-order valence-electron chi connectivity index (χ0n) is 9.83. The van der Waals surface area contributed by atoms with Crippen molar-refractivity contribution in [3.63, 3.8) is 0 Å². The van der Waals surface area contributed by atoms with E-state index >= 15 is 0 Å².